The summed E-state index contributed by atoms with van der Waals surface area (Å²) in [7, 11) is 0. The number of amides is 1. The van der Waals surface area contributed by atoms with Crippen LogP contribution < -0.4 is 5.32 Å². The van der Waals surface area contributed by atoms with Crippen molar-refractivity contribution in [2.75, 3.05) is 0 Å². The maximum absolute atomic E-state index is 11.3. The van der Waals surface area contributed by atoms with Crippen molar-refractivity contribution in [2.24, 2.45) is 0 Å². The van der Waals surface area contributed by atoms with Gasteiger partial charge in [0, 0.05) is 4.88 Å². The Kier molecular flexibility index (Phi) is 4.11. The standard InChI is InChI=1S/C9H10ClNO3S/c1-5(9(13)14)11-8(12)4-6-2-3-7(10)15-6/h2-3,5H,4H2,1H3,(H,11,12)(H,13,14)/t5-/m1/s1. The highest BCUT2D eigenvalue weighted by Crippen LogP contribution is 2.21. The van der Waals surface area contributed by atoms with Crippen LogP contribution in [0.3, 0.4) is 0 Å². The maximum Gasteiger partial charge on any atom is 0.325 e. The summed E-state index contributed by atoms with van der Waals surface area (Å²) in [5.41, 5.74) is 0. The molecular formula is C9H10ClNO3S. The van der Waals surface area contributed by atoms with E-state index in [9.17, 15) is 9.59 Å². The third-order valence-electron chi connectivity index (χ3n) is 1.71. The first-order chi connectivity index (χ1) is 6.99. The van der Waals surface area contributed by atoms with Gasteiger partial charge in [-0.15, -0.1) is 11.3 Å². The number of rotatable bonds is 4. The summed E-state index contributed by atoms with van der Waals surface area (Å²) in [5.74, 6) is -1.36. The molecule has 0 spiro atoms. The predicted molar refractivity (Wildman–Crippen MR) is 58.3 cm³/mol. The lowest BCUT2D eigenvalue weighted by Gasteiger charge is -2.07. The Bertz CT molecular complexity index is 377. The van der Waals surface area contributed by atoms with E-state index in [1.54, 1.807) is 12.1 Å². The molecule has 0 aromatic carbocycles. The molecular weight excluding hydrogens is 238 g/mol. The third-order valence-corrected chi connectivity index (χ3v) is 2.94. The van der Waals surface area contributed by atoms with Crippen molar-refractivity contribution < 1.29 is 14.7 Å². The molecule has 2 N–H and O–H groups in total. The highest BCUT2D eigenvalue weighted by Gasteiger charge is 2.14. The van der Waals surface area contributed by atoms with E-state index < -0.39 is 12.0 Å². The average molecular weight is 248 g/mol. The van der Waals surface area contributed by atoms with Gasteiger partial charge in [-0.1, -0.05) is 11.6 Å². The Balaban J connectivity index is 2.46. The van der Waals surface area contributed by atoms with E-state index in [-0.39, 0.29) is 12.3 Å². The van der Waals surface area contributed by atoms with Crippen LogP contribution in [0.4, 0.5) is 0 Å². The molecule has 0 radical (unpaired) electrons. The third kappa shape index (κ3) is 3.89. The van der Waals surface area contributed by atoms with Gasteiger partial charge in [0.1, 0.15) is 6.04 Å². The number of nitrogens with one attached hydrogen (secondary N) is 1. The Morgan fingerprint density at radius 1 is 1.60 bits per heavy atom. The van der Waals surface area contributed by atoms with Gasteiger partial charge < -0.3 is 10.4 Å². The first kappa shape index (κ1) is 12.0. The van der Waals surface area contributed by atoms with Crippen molar-refractivity contribution in [3.8, 4) is 0 Å². The lowest BCUT2D eigenvalue weighted by atomic mass is 10.3. The molecule has 0 aliphatic rings. The molecule has 0 saturated carbocycles. The van der Waals surface area contributed by atoms with Gasteiger partial charge in [-0.2, -0.15) is 0 Å². The van der Waals surface area contributed by atoms with Crippen LogP contribution in [0, 0.1) is 0 Å². The van der Waals surface area contributed by atoms with Crippen molar-refractivity contribution in [3.63, 3.8) is 0 Å². The van der Waals surface area contributed by atoms with Gasteiger partial charge in [-0.25, -0.2) is 0 Å². The van der Waals surface area contributed by atoms with E-state index >= 15 is 0 Å². The first-order valence-corrected chi connectivity index (χ1v) is 5.45. The molecule has 0 bridgehead atoms. The largest absolute Gasteiger partial charge is 0.480 e. The molecule has 4 nitrogen and oxygen atoms in total. The molecule has 82 valence electrons. The Morgan fingerprint density at radius 3 is 2.73 bits per heavy atom. The van der Waals surface area contributed by atoms with Crippen LogP contribution in [-0.2, 0) is 16.0 Å². The summed E-state index contributed by atoms with van der Waals surface area (Å²) >= 11 is 7.00. The van der Waals surface area contributed by atoms with Crippen LogP contribution in [0.15, 0.2) is 12.1 Å². The van der Waals surface area contributed by atoms with E-state index in [1.807, 2.05) is 0 Å². The van der Waals surface area contributed by atoms with Crippen LogP contribution in [0.5, 0.6) is 0 Å². The minimum absolute atomic E-state index is 0.162. The number of hydrogen-bond donors (Lipinski definition) is 2. The van der Waals surface area contributed by atoms with Gasteiger partial charge in [0.05, 0.1) is 10.8 Å². The second-order valence-corrected chi connectivity index (χ2v) is 4.81. The number of thiophene rings is 1. The summed E-state index contributed by atoms with van der Waals surface area (Å²) < 4.78 is 0.615. The summed E-state index contributed by atoms with van der Waals surface area (Å²) in [4.78, 5) is 22.6. The maximum atomic E-state index is 11.3. The average Bonchev–Trinajstić information content (AvgIpc) is 2.50. The second-order valence-electron chi connectivity index (χ2n) is 3.01. The number of carboxylic acids is 1. The molecule has 1 aromatic rings. The SMILES string of the molecule is C[C@@H](NC(=O)Cc1ccc(Cl)s1)C(=O)O. The predicted octanol–water partition coefficient (Wildman–Crippen LogP) is 1.53. The smallest absolute Gasteiger partial charge is 0.325 e. The summed E-state index contributed by atoms with van der Waals surface area (Å²) in [5, 5.41) is 10.9. The fourth-order valence-corrected chi connectivity index (χ4v) is 2.05. The van der Waals surface area contributed by atoms with Crippen molar-refractivity contribution in [1.82, 2.24) is 5.32 Å². The normalized spacial score (nSPS) is 12.1. The minimum atomic E-state index is -1.05. The molecule has 6 heteroatoms. The molecule has 0 unspecified atom stereocenters. The molecule has 1 amide bonds. The highest BCUT2D eigenvalue weighted by molar-refractivity contribution is 7.16. The Labute approximate surface area is 95.9 Å². The quantitative estimate of drug-likeness (QED) is 0.848. The van der Waals surface area contributed by atoms with Crippen molar-refractivity contribution in [2.45, 2.75) is 19.4 Å². The molecule has 0 fully saturated rings. The number of aliphatic carboxylic acids is 1. The van der Waals surface area contributed by atoms with E-state index in [0.29, 0.717) is 4.34 Å². The number of carbonyl (C=O) groups excluding carboxylic acids is 1. The van der Waals surface area contributed by atoms with Crippen molar-refractivity contribution in [3.05, 3.63) is 21.3 Å². The molecule has 0 saturated heterocycles. The zero-order chi connectivity index (χ0) is 11.4. The number of carbonyl (C=O) groups is 2. The van der Waals surface area contributed by atoms with Crippen LogP contribution in [0.2, 0.25) is 4.34 Å². The van der Waals surface area contributed by atoms with Gasteiger partial charge in [0.25, 0.3) is 0 Å². The van der Waals surface area contributed by atoms with Crippen LogP contribution in [-0.4, -0.2) is 23.0 Å². The summed E-state index contributed by atoms with van der Waals surface area (Å²) in [6.07, 6.45) is 0.162. The van der Waals surface area contributed by atoms with Gasteiger partial charge in [-0.05, 0) is 19.1 Å². The zero-order valence-corrected chi connectivity index (χ0v) is 9.56. The van der Waals surface area contributed by atoms with E-state index in [2.05, 4.69) is 5.32 Å². The number of hydrogen-bond acceptors (Lipinski definition) is 3. The topological polar surface area (TPSA) is 66.4 Å². The molecule has 1 aromatic heterocycles. The van der Waals surface area contributed by atoms with Crippen molar-refractivity contribution >= 4 is 34.8 Å². The number of halogens is 1. The lowest BCUT2D eigenvalue weighted by molar-refractivity contribution is -0.141. The van der Waals surface area contributed by atoms with Crippen LogP contribution in [0.1, 0.15) is 11.8 Å². The molecule has 15 heavy (non-hydrogen) atoms. The fourth-order valence-electron chi connectivity index (χ4n) is 0.959. The van der Waals surface area contributed by atoms with Crippen LogP contribution in [0.25, 0.3) is 0 Å². The monoisotopic (exact) mass is 247 g/mol. The Hall–Kier alpha value is -1.07. The number of carboxylic acid groups (broad SMARTS) is 1. The second kappa shape index (κ2) is 5.14. The van der Waals surface area contributed by atoms with E-state index in [4.69, 9.17) is 16.7 Å². The molecule has 1 atom stereocenters. The van der Waals surface area contributed by atoms with Gasteiger partial charge in [-0.3, -0.25) is 9.59 Å². The minimum Gasteiger partial charge on any atom is -0.480 e. The molecule has 1 heterocycles. The summed E-state index contributed by atoms with van der Waals surface area (Å²) in [6, 6.07) is 2.58. The molecule has 0 aliphatic carbocycles. The van der Waals surface area contributed by atoms with Gasteiger partial charge in [0.2, 0.25) is 5.91 Å². The van der Waals surface area contributed by atoms with Gasteiger partial charge >= 0.3 is 5.97 Å². The van der Waals surface area contributed by atoms with Crippen molar-refractivity contribution in [1.29, 1.82) is 0 Å². The summed E-state index contributed by atoms with van der Waals surface area (Å²) in [6.45, 7) is 1.42. The molecule has 1 rings (SSSR count). The van der Waals surface area contributed by atoms with Crippen LogP contribution >= 0.6 is 22.9 Å². The van der Waals surface area contributed by atoms with Gasteiger partial charge in [0.15, 0.2) is 0 Å². The highest BCUT2D eigenvalue weighted by atomic mass is 35.5. The van der Waals surface area contributed by atoms with E-state index in [1.165, 1.54) is 18.3 Å². The van der Waals surface area contributed by atoms with E-state index in [0.717, 1.165) is 4.88 Å². The lowest BCUT2D eigenvalue weighted by Crippen LogP contribution is -2.39. The Morgan fingerprint density at radius 2 is 2.27 bits per heavy atom. The zero-order valence-electron chi connectivity index (χ0n) is 7.99. The molecule has 0 aliphatic heterocycles. The first-order valence-electron chi connectivity index (χ1n) is 4.25. The fraction of sp³-hybridized carbons (Fsp3) is 0.333.